The van der Waals surface area contributed by atoms with Crippen LogP contribution in [0.2, 0.25) is 5.02 Å². The van der Waals surface area contributed by atoms with Crippen molar-refractivity contribution in [3.63, 3.8) is 0 Å². The SMILES string of the molecule is CC(CC(=O)O)NC(=O)Nc1cc(F)ccc1Cl. The van der Waals surface area contributed by atoms with E-state index in [-0.39, 0.29) is 17.1 Å². The molecule has 0 radical (unpaired) electrons. The average molecular weight is 275 g/mol. The predicted molar refractivity (Wildman–Crippen MR) is 65.3 cm³/mol. The number of aliphatic carboxylic acids is 1. The van der Waals surface area contributed by atoms with Crippen LogP contribution in [0.4, 0.5) is 14.9 Å². The lowest BCUT2D eigenvalue weighted by atomic mass is 10.2. The van der Waals surface area contributed by atoms with Gasteiger partial charge < -0.3 is 15.7 Å². The van der Waals surface area contributed by atoms with Crippen LogP contribution in [0.15, 0.2) is 18.2 Å². The van der Waals surface area contributed by atoms with E-state index in [9.17, 15) is 14.0 Å². The number of carboxylic acid groups (broad SMARTS) is 1. The van der Waals surface area contributed by atoms with E-state index >= 15 is 0 Å². The molecule has 98 valence electrons. The van der Waals surface area contributed by atoms with E-state index in [0.29, 0.717) is 0 Å². The highest BCUT2D eigenvalue weighted by Gasteiger charge is 2.12. The van der Waals surface area contributed by atoms with Crippen molar-refractivity contribution in [2.24, 2.45) is 0 Å². The number of hydrogen-bond acceptors (Lipinski definition) is 2. The largest absolute Gasteiger partial charge is 0.481 e. The van der Waals surface area contributed by atoms with Gasteiger partial charge >= 0.3 is 12.0 Å². The van der Waals surface area contributed by atoms with Crippen molar-refractivity contribution in [1.82, 2.24) is 5.32 Å². The number of carboxylic acids is 1. The van der Waals surface area contributed by atoms with Gasteiger partial charge in [0.1, 0.15) is 5.82 Å². The molecule has 18 heavy (non-hydrogen) atoms. The number of amides is 2. The minimum Gasteiger partial charge on any atom is -0.481 e. The Bertz CT molecular complexity index is 468. The smallest absolute Gasteiger partial charge is 0.319 e. The predicted octanol–water partition coefficient (Wildman–Crippen LogP) is 2.46. The van der Waals surface area contributed by atoms with E-state index in [1.165, 1.54) is 12.1 Å². The number of carbonyl (C=O) groups is 2. The number of hydrogen-bond donors (Lipinski definition) is 3. The topological polar surface area (TPSA) is 78.4 Å². The third kappa shape index (κ3) is 4.58. The Hall–Kier alpha value is -1.82. The van der Waals surface area contributed by atoms with Crippen LogP contribution in [-0.4, -0.2) is 23.1 Å². The molecule has 1 rings (SSSR count). The van der Waals surface area contributed by atoms with Gasteiger partial charge in [0.15, 0.2) is 0 Å². The zero-order valence-electron chi connectivity index (χ0n) is 9.54. The Morgan fingerprint density at radius 2 is 2.17 bits per heavy atom. The van der Waals surface area contributed by atoms with Gasteiger partial charge in [-0.1, -0.05) is 11.6 Å². The van der Waals surface area contributed by atoms with Gasteiger partial charge in [0, 0.05) is 6.04 Å². The molecule has 0 fully saturated rings. The Morgan fingerprint density at radius 3 is 2.78 bits per heavy atom. The molecule has 0 heterocycles. The van der Waals surface area contributed by atoms with E-state index in [1.807, 2.05) is 0 Å². The number of urea groups is 1. The molecular weight excluding hydrogens is 263 g/mol. The van der Waals surface area contributed by atoms with E-state index in [0.717, 1.165) is 6.07 Å². The van der Waals surface area contributed by atoms with Crippen LogP contribution in [0.1, 0.15) is 13.3 Å². The Balaban J connectivity index is 2.59. The van der Waals surface area contributed by atoms with Crippen molar-refractivity contribution in [3.8, 4) is 0 Å². The van der Waals surface area contributed by atoms with Crippen LogP contribution in [0.25, 0.3) is 0 Å². The maximum atomic E-state index is 12.9. The van der Waals surface area contributed by atoms with Crippen molar-refractivity contribution < 1.29 is 19.1 Å². The summed E-state index contributed by atoms with van der Waals surface area (Å²) in [7, 11) is 0. The first-order valence-corrected chi connectivity index (χ1v) is 5.50. The van der Waals surface area contributed by atoms with Crippen molar-refractivity contribution in [2.75, 3.05) is 5.32 Å². The number of nitrogens with one attached hydrogen (secondary N) is 2. The third-order valence-corrected chi connectivity index (χ3v) is 2.36. The molecule has 1 unspecified atom stereocenters. The summed E-state index contributed by atoms with van der Waals surface area (Å²) in [6.07, 6.45) is -0.204. The molecule has 1 aromatic carbocycles. The molecule has 0 saturated carbocycles. The number of rotatable bonds is 4. The first-order valence-electron chi connectivity index (χ1n) is 5.13. The fourth-order valence-corrected chi connectivity index (χ4v) is 1.45. The van der Waals surface area contributed by atoms with Crippen LogP contribution in [0, 0.1) is 5.82 Å². The summed E-state index contributed by atoms with van der Waals surface area (Å²) in [5, 5.41) is 13.5. The standard InChI is InChI=1S/C11H12ClFN2O3/c1-6(4-10(16)17)14-11(18)15-9-5-7(13)2-3-8(9)12/h2-3,5-6H,4H2,1H3,(H,16,17)(H2,14,15,18). The second-order valence-electron chi connectivity index (χ2n) is 3.72. The summed E-state index contributed by atoms with van der Waals surface area (Å²) in [4.78, 5) is 21.9. The molecule has 1 aromatic rings. The first-order chi connectivity index (χ1) is 8.38. The lowest BCUT2D eigenvalue weighted by molar-refractivity contribution is -0.137. The Kier molecular flexibility index (Phi) is 4.91. The van der Waals surface area contributed by atoms with E-state index in [1.54, 1.807) is 6.92 Å². The van der Waals surface area contributed by atoms with Crippen LogP contribution in [0.3, 0.4) is 0 Å². The molecule has 7 heteroatoms. The zero-order chi connectivity index (χ0) is 13.7. The molecule has 1 atom stereocenters. The average Bonchev–Trinajstić information content (AvgIpc) is 2.21. The van der Waals surface area contributed by atoms with E-state index in [2.05, 4.69) is 10.6 Å². The van der Waals surface area contributed by atoms with Gasteiger partial charge in [-0.25, -0.2) is 9.18 Å². The quantitative estimate of drug-likeness (QED) is 0.789. The second kappa shape index (κ2) is 6.20. The maximum absolute atomic E-state index is 12.9. The van der Waals surface area contributed by atoms with E-state index < -0.39 is 23.9 Å². The van der Waals surface area contributed by atoms with Gasteiger partial charge in [0.25, 0.3) is 0 Å². The summed E-state index contributed by atoms with van der Waals surface area (Å²) < 4.78 is 12.9. The number of anilines is 1. The lowest BCUT2D eigenvalue weighted by Gasteiger charge is -2.13. The molecule has 0 bridgehead atoms. The molecule has 0 aliphatic carbocycles. The highest BCUT2D eigenvalue weighted by atomic mass is 35.5. The van der Waals surface area contributed by atoms with E-state index in [4.69, 9.17) is 16.7 Å². The lowest BCUT2D eigenvalue weighted by Crippen LogP contribution is -2.37. The highest BCUT2D eigenvalue weighted by molar-refractivity contribution is 6.33. The normalized spacial score (nSPS) is 11.7. The van der Waals surface area contributed by atoms with Gasteiger partial charge in [-0.15, -0.1) is 0 Å². The van der Waals surface area contributed by atoms with Crippen molar-refractivity contribution in [1.29, 1.82) is 0 Å². The summed E-state index contributed by atoms with van der Waals surface area (Å²) in [6, 6.07) is 2.36. The number of halogens is 2. The van der Waals surface area contributed by atoms with Gasteiger partial charge in [-0.05, 0) is 25.1 Å². The highest BCUT2D eigenvalue weighted by Crippen LogP contribution is 2.22. The minimum atomic E-state index is -1.02. The van der Waals surface area contributed by atoms with Crippen LogP contribution < -0.4 is 10.6 Å². The fourth-order valence-electron chi connectivity index (χ4n) is 1.29. The monoisotopic (exact) mass is 274 g/mol. The van der Waals surface area contributed by atoms with Gasteiger partial charge in [0.2, 0.25) is 0 Å². The van der Waals surface area contributed by atoms with Crippen LogP contribution in [0.5, 0.6) is 0 Å². The molecule has 2 amide bonds. The molecule has 3 N–H and O–H groups in total. The Labute approximate surface area is 108 Å². The fraction of sp³-hybridized carbons (Fsp3) is 0.273. The van der Waals surface area contributed by atoms with Crippen molar-refractivity contribution in [3.05, 3.63) is 29.0 Å². The van der Waals surface area contributed by atoms with Gasteiger partial charge in [0.05, 0.1) is 17.1 Å². The third-order valence-electron chi connectivity index (χ3n) is 2.03. The summed E-state index contributed by atoms with van der Waals surface area (Å²) in [5.74, 6) is -1.56. The number of carbonyl (C=O) groups excluding carboxylic acids is 1. The molecule has 5 nitrogen and oxygen atoms in total. The van der Waals surface area contributed by atoms with Gasteiger partial charge in [-0.2, -0.15) is 0 Å². The maximum Gasteiger partial charge on any atom is 0.319 e. The summed E-state index contributed by atoms with van der Waals surface area (Å²) in [5.41, 5.74) is 0.122. The minimum absolute atomic E-state index is 0.122. The molecule has 0 aliphatic heterocycles. The summed E-state index contributed by atoms with van der Waals surface area (Å²) >= 11 is 5.76. The van der Waals surface area contributed by atoms with Crippen molar-refractivity contribution >= 4 is 29.3 Å². The Morgan fingerprint density at radius 1 is 1.50 bits per heavy atom. The molecule has 0 aliphatic rings. The van der Waals surface area contributed by atoms with Crippen molar-refractivity contribution in [2.45, 2.75) is 19.4 Å². The second-order valence-corrected chi connectivity index (χ2v) is 4.13. The van der Waals surface area contributed by atoms with Crippen LogP contribution >= 0.6 is 11.6 Å². The van der Waals surface area contributed by atoms with Gasteiger partial charge in [-0.3, -0.25) is 4.79 Å². The molecular formula is C11H12ClFN2O3. The summed E-state index contributed by atoms with van der Waals surface area (Å²) in [6.45, 7) is 1.54. The number of benzene rings is 1. The first kappa shape index (κ1) is 14.2. The molecule has 0 saturated heterocycles. The van der Waals surface area contributed by atoms with Crippen LogP contribution in [-0.2, 0) is 4.79 Å². The molecule has 0 spiro atoms. The zero-order valence-corrected chi connectivity index (χ0v) is 10.3. The molecule has 0 aromatic heterocycles.